The number of hydrogen-bond acceptors (Lipinski definition) is 5. The van der Waals surface area contributed by atoms with Gasteiger partial charge in [-0.25, -0.2) is 9.97 Å². The zero-order valence-corrected chi connectivity index (χ0v) is 20.8. The number of hydrogen-bond donors (Lipinski definition) is 1. The van der Waals surface area contributed by atoms with Crippen LogP contribution in [0.3, 0.4) is 0 Å². The van der Waals surface area contributed by atoms with Gasteiger partial charge in [0.1, 0.15) is 0 Å². The molecule has 1 aliphatic rings. The van der Waals surface area contributed by atoms with E-state index in [1.54, 1.807) is 12.4 Å². The van der Waals surface area contributed by atoms with Gasteiger partial charge in [0.25, 0.3) is 0 Å². The van der Waals surface area contributed by atoms with Crippen molar-refractivity contribution in [3.05, 3.63) is 54.4 Å². The third kappa shape index (κ3) is 8.98. The van der Waals surface area contributed by atoms with Gasteiger partial charge in [-0.2, -0.15) is 0 Å². The van der Waals surface area contributed by atoms with E-state index < -0.39 is 0 Å². The van der Waals surface area contributed by atoms with E-state index in [4.69, 9.17) is 9.73 Å². The molecule has 7 nitrogen and oxygen atoms in total. The Kier molecular flexibility index (Phi) is 12.2. The Hall–Kier alpha value is -1.94. The largest absolute Gasteiger partial charge is 0.381 e. The molecule has 0 bridgehead atoms. The summed E-state index contributed by atoms with van der Waals surface area (Å²) >= 11 is 0. The van der Waals surface area contributed by atoms with Crippen molar-refractivity contribution in [3.63, 3.8) is 0 Å². The molecule has 1 saturated heterocycles. The minimum Gasteiger partial charge on any atom is -0.381 e. The van der Waals surface area contributed by atoms with E-state index in [0.717, 1.165) is 83.7 Å². The first kappa shape index (κ1) is 25.3. The van der Waals surface area contributed by atoms with E-state index in [1.807, 2.05) is 12.1 Å². The summed E-state index contributed by atoms with van der Waals surface area (Å²) in [5.74, 6) is 1.82. The Morgan fingerprint density at radius 2 is 1.74 bits per heavy atom. The van der Waals surface area contributed by atoms with Crippen molar-refractivity contribution >= 4 is 35.9 Å². The molecule has 3 rings (SSSR count). The molecule has 1 N–H and O–H groups in total. The monoisotopic (exact) mass is 538 g/mol. The average molecular weight is 538 g/mol. The predicted molar refractivity (Wildman–Crippen MR) is 137 cm³/mol. The molecular formula is C23H35IN6O. The summed E-state index contributed by atoms with van der Waals surface area (Å²) in [5.41, 5.74) is 1.33. The Morgan fingerprint density at radius 1 is 1.00 bits per heavy atom. The molecule has 0 spiro atoms. The van der Waals surface area contributed by atoms with Crippen molar-refractivity contribution < 1.29 is 4.74 Å². The maximum Gasteiger partial charge on any atom is 0.225 e. The lowest BCUT2D eigenvalue weighted by molar-refractivity contribution is 0.134. The number of anilines is 1. The van der Waals surface area contributed by atoms with Crippen molar-refractivity contribution in [2.45, 2.75) is 26.2 Å². The molecule has 0 aliphatic carbocycles. The normalized spacial score (nSPS) is 14.3. The zero-order valence-electron chi connectivity index (χ0n) is 18.4. The number of benzene rings is 1. The molecule has 1 aliphatic heterocycles. The highest BCUT2D eigenvalue weighted by atomic mass is 127. The van der Waals surface area contributed by atoms with E-state index in [-0.39, 0.29) is 24.0 Å². The molecule has 170 valence electrons. The topological polar surface area (TPSA) is 65.9 Å². The second kappa shape index (κ2) is 15.0. The maximum atomic E-state index is 5.77. The molecule has 0 amide bonds. The van der Waals surface area contributed by atoms with Gasteiger partial charge in [-0.3, -0.25) is 4.99 Å². The second-order valence-electron chi connectivity index (χ2n) is 7.31. The van der Waals surface area contributed by atoms with Gasteiger partial charge in [0.15, 0.2) is 5.96 Å². The number of guanidine groups is 1. The molecule has 0 unspecified atom stereocenters. The second-order valence-corrected chi connectivity index (χ2v) is 7.31. The molecule has 0 saturated carbocycles. The highest BCUT2D eigenvalue weighted by molar-refractivity contribution is 14.0. The lowest BCUT2D eigenvalue weighted by Crippen LogP contribution is -2.53. The van der Waals surface area contributed by atoms with E-state index in [2.05, 4.69) is 56.3 Å². The van der Waals surface area contributed by atoms with Crippen LogP contribution in [0, 0.1) is 0 Å². The summed E-state index contributed by atoms with van der Waals surface area (Å²) in [6.45, 7) is 9.06. The molecule has 1 aromatic carbocycles. The van der Waals surface area contributed by atoms with Crippen LogP contribution in [-0.4, -0.2) is 73.3 Å². The predicted octanol–water partition coefficient (Wildman–Crippen LogP) is 3.22. The lowest BCUT2D eigenvalue weighted by Gasteiger charge is -2.36. The SMILES string of the molecule is CCNC(=NCCCCOCCc1ccccc1)N1CCN(c2ncccn2)CC1.I. The lowest BCUT2D eigenvalue weighted by atomic mass is 10.2. The minimum atomic E-state index is 0. The first-order valence-corrected chi connectivity index (χ1v) is 11.0. The molecular weight excluding hydrogens is 503 g/mol. The molecule has 0 atom stereocenters. The van der Waals surface area contributed by atoms with Gasteiger partial charge in [-0.1, -0.05) is 30.3 Å². The fourth-order valence-corrected chi connectivity index (χ4v) is 3.44. The zero-order chi connectivity index (χ0) is 20.9. The number of aliphatic imine (C=N–C) groups is 1. The molecule has 2 aromatic rings. The van der Waals surface area contributed by atoms with Crippen molar-refractivity contribution in [3.8, 4) is 0 Å². The first-order chi connectivity index (χ1) is 14.9. The Balaban J connectivity index is 0.00000341. The molecule has 0 radical (unpaired) electrons. The van der Waals surface area contributed by atoms with Crippen molar-refractivity contribution in [2.75, 3.05) is 57.4 Å². The van der Waals surface area contributed by atoms with Crippen LogP contribution in [-0.2, 0) is 11.2 Å². The number of rotatable bonds is 10. The van der Waals surface area contributed by atoms with Crippen LogP contribution >= 0.6 is 24.0 Å². The Labute approximate surface area is 203 Å². The fraction of sp³-hybridized carbons (Fsp3) is 0.522. The van der Waals surface area contributed by atoms with Gasteiger partial charge < -0.3 is 19.9 Å². The highest BCUT2D eigenvalue weighted by Crippen LogP contribution is 2.10. The number of nitrogens with zero attached hydrogens (tertiary/aromatic N) is 5. The van der Waals surface area contributed by atoms with E-state index in [0.29, 0.717) is 0 Å². The standard InChI is InChI=1S/C23H34N6O.HI/c1-2-24-22(28-15-17-29(18-16-28)23-26-13-8-14-27-23)25-12-6-7-19-30-20-11-21-9-4-3-5-10-21;/h3-5,8-10,13-14H,2,6-7,11-12,15-20H2,1H3,(H,24,25);1H. The Bertz CT molecular complexity index is 738. The quantitative estimate of drug-likeness (QED) is 0.217. The van der Waals surface area contributed by atoms with Crippen LogP contribution < -0.4 is 10.2 Å². The van der Waals surface area contributed by atoms with Crippen LogP contribution in [0.1, 0.15) is 25.3 Å². The van der Waals surface area contributed by atoms with Crippen molar-refractivity contribution in [1.29, 1.82) is 0 Å². The van der Waals surface area contributed by atoms with Crippen LogP contribution in [0.15, 0.2) is 53.8 Å². The van der Waals surface area contributed by atoms with E-state index in [9.17, 15) is 0 Å². The maximum absolute atomic E-state index is 5.77. The van der Waals surface area contributed by atoms with Gasteiger partial charge in [0, 0.05) is 58.3 Å². The molecule has 1 fully saturated rings. The van der Waals surface area contributed by atoms with E-state index >= 15 is 0 Å². The number of aromatic nitrogens is 2. The van der Waals surface area contributed by atoms with Gasteiger partial charge in [0.05, 0.1) is 6.61 Å². The fourth-order valence-electron chi connectivity index (χ4n) is 3.44. The number of nitrogens with one attached hydrogen (secondary N) is 1. The minimum absolute atomic E-state index is 0. The summed E-state index contributed by atoms with van der Waals surface area (Å²) in [7, 11) is 0. The summed E-state index contributed by atoms with van der Waals surface area (Å²) < 4.78 is 5.77. The summed E-state index contributed by atoms with van der Waals surface area (Å²) in [4.78, 5) is 18.1. The van der Waals surface area contributed by atoms with Crippen LogP contribution in [0.25, 0.3) is 0 Å². The Morgan fingerprint density at radius 3 is 2.45 bits per heavy atom. The van der Waals surface area contributed by atoms with Crippen molar-refractivity contribution in [1.82, 2.24) is 20.2 Å². The third-order valence-corrected chi connectivity index (χ3v) is 5.09. The molecule has 31 heavy (non-hydrogen) atoms. The number of unbranched alkanes of at least 4 members (excludes halogenated alkanes) is 1. The molecule has 2 heterocycles. The van der Waals surface area contributed by atoms with Gasteiger partial charge in [0.2, 0.25) is 5.95 Å². The van der Waals surface area contributed by atoms with Gasteiger partial charge in [-0.15, -0.1) is 24.0 Å². The summed E-state index contributed by atoms with van der Waals surface area (Å²) in [5, 5.41) is 3.43. The first-order valence-electron chi connectivity index (χ1n) is 11.0. The van der Waals surface area contributed by atoms with Crippen molar-refractivity contribution in [2.24, 2.45) is 4.99 Å². The number of halogens is 1. The van der Waals surface area contributed by atoms with Crippen LogP contribution in [0.5, 0.6) is 0 Å². The number of piperazine rings is 1. The molecule has 8 heteroatoms. The summed E-state index contributed by atoms with van der Waals surface area (Å²) in [6, 6.07) is 12.3. The summed E-state index contributed by atoms with van der Waals surface area (Å²) in [6.07, 6.45) is 6.65. The van der Waals surface area contributed by atoms with Gasteiger partial charge >= 0.3 is 0 Å². The third-order valence-electron chi connectivity index (χ3n) is 5.09. The molecule has 1 aromatic heterocycles. The van der Waals surface area contributed by atoms with Crippen LogP contribution in [0.2, 0.25) is 0 Å². The smallest absolute Gasteiger partial charge is 0.225 e. The number of ether oxygens (including phenoxy) is 1. The van der Waals surface area contributed by atoms with Gasteiger partial charge in [-0.05, 0) is 37.8 Å². The average Bonchev–Trinajstić information content (AvgIpc) is 2.81. The highest BCUT2D eigenvalue weighted by Gasteiger charge is 2.20. The van der Waals surface area contributed by atoms with E-state index in [1.165, 1.54) is 5.56 Å². The van der Waals surface area contributed by atoms with Crippen LogP contribution in [0.4, 0.5) is 5.95 Å².